The maximum absolute atomic E-state index is 13.3. The number of aryl methyl sites for hydroxylation is 1. The molecular formula is C14H17FO3. The first-order valence-corrected chi connectivity index (χ1v) is 5.78. The third-order valence-electron chi connectivity index (χ3n) is 2.28. The molecule has 4 heteroatoms. The third kappa shape index (κ3) is 4.28. The lowest BCUT2D eigenvalue weighted by Crippen LogP contribution is -2.24. The minimum Gasteiger partial charge on any atom is -0.460 e. The second kappa shape index (κ2) is 5.76. The van der Waals surface area contributed by atoms with Gasteiger partial charge < -0.3 is 4.74 Å². The van der Waals surface area contributed by atoms with Gasteiger partial charge in [-0.05, 0) is 38.8 Å². The standard InChI is InChI=1S/C14H17FO3/c1-14(2,3)18-13(17)8-7-10-5-4-6-12(15)11(10)9-16/h4-6,9H,7-8H2,1-3H3. The molecule has 18 heavy (non-hydrogen) atoms. The van der Waals surface area contributed by atoms with Gasteiger partial charge in [-0.1, -0.05) is 12.1 Å². The van der Waals surface area contributed by atoms with Gasteiger partial charge in [0.15, 0.2) is 6.29 Å². The van der Waals surface area contributed by atoms with Crippen molar-refractivity contribution in [1.29, 1.82) is 0 Å². The summed E-state index contributed by atoms with van der Waals surface area (Å²) in [6.45, 7) is 5.35. The van der Waals surface area contributed by atoms with Crippen molar-refractivity contribution in [3.8, 4) is 0 Å². The van der Waals surface area contributed by atoms with Gasteiger partial charge in [0.05, 0.1) is 5.56 Å². The molecule has 1 rings (SSSR count). The van der Waals surface area contributed by atoms with Gasteiger partial charge in [0.25, 0.3) is 0 Å². The number of aldehydes is 1. The number of halogens is 1. The van der Waals surface area contributed by atoms with Gasteiger partial charge in [0.2, 0.25) is 0 Å². The molecule has 0 heterocycles. The number of ether oxygens (including phenoxy) is 1. The molecule has 0 radical (unpaired) electrons. The van der Waals surface area contributed by atoms with Crippen LogP contribution in [-0.2, 0) is 16.0 Å². The lowest BCUT2D eigenvalue weighted by atomic mass is 10.0. The van der Waals surface area contributed by atoms with E-state index in [4.69, 9.17) is 4.74 Å². The van der Waals surface area contributed by atoms with Crippen molar-refractivity contribution < 1.29 is 18.7 Å². The lowest BCUT2D eigenvalue weighted by molar-refractivity contribution is -0.154. The minimum absolute atomic E-state index is 0.0149. The van der Waals surface area contributed by atoms with Gasteiger partial charge in [-0.3, -0.25) is 9.59 Å². The maximum atomic E-state index is 13.3. The van der Waals surface area contributed by atoms with Crippen LogP contribution in [0.25, 0.3) is 0 Å². The van der Waals surface area contributed by atoms with Crippen LogP contribution in [0.5, 0.6) is 0 Å². The van der Waals surface area contributed by atoms with Gasteiger partial charge >= 0.3 is 5.97 Å². The topological polar surface area (TPSA) is 43.4 Å². The van der Waals surface area contributed by atoms with E-state index >= 15 is 0 Å². The molecule has 0 atom stereocenters. The van der Waals surface area contributed by atoms with Crippen LogP contribution in [0.1, 0.15) is 43.1 Å². The highest BCUT2D eigenvalue weighted by Gasteiger charge is 2.17. The molecule has 0 saturated carbocycles. The van der Waals surface area contributed by atoms with Crippen LogP contribution in [0.2, 0.25) is 0 Å². The average molecular weight is 252 g/mol. The molecule has 1 aromatic carbocycles. The van der Waals surface area contributed by atoms with Gasteiger partial charge in [-0.15, -0.1) is 0 Å². The van der Waals surface area contributed by atoms with Crippen LogP contribution < -0.4 is 0 Å². The second-order valence-electron chi connectivity index (χ2n) is 5.02. The summed E-state index contributed by atoms with van der Waals surface area (Å²) in [4.78, 5) is 22.3. The summed E-state index contributed by atoms with van der Waals surface area (Å²) >= 11 is 0. The van der Waals surface area contributed by atoms with Crippen molar-refractivity contribution >= 4 is 12.3 Å². The van der Waals surface area contributed by atoms with Crippen LogP contribution in [-0.4, -0.2) is 17.9 Å². The molecule has 98 valence electrons. The predicted octanol–water partition coefficient (Wildman–Crippen LogP) is 2.91. The average Bonchev–Trinajstić information content (AvgIpc) is 2.24. The number of carbonyl (C=O) groups excluding carboxylic acids is 2. The van der Waals surface area contributed by atoms with E-state index in [1.807, 2.05) is 0 Å². The largest absolute Gasteiger partial charge is 0.460 e. The Labute approximate surface area is 106 Å². The van der Waals surface area contributed by atoms with Crippen molar-refractivity contribution in [2.75, 3.05) is 0 Å². The van der Waals surface area contributed by atoms with Crippen LogP contribution in [0.15, 0.2) is 18.2 Å². The van der Waals surface area contributed by atoms with Crippen molar-refractivity contribution in [2.24, 2.45) is 0 Å². The van der Waals surface area contributed by atoms with E-state index in [0.29, 0.717) is 18.3 Å². The number of hydrogen-bond donors (Lipinski definition) is 0. The highest BCUT2D eigenvalue weighted by Crippen LogP contribution is 2.15. The van der Waals surface area contributed by atoms with Gasteiger partial charge in [-0.25, -0.2) is 4.39 Å². The van der Waals surface area contributed by atoms with Gasteiger partial charge in [0.1, 0.15) is 11.4 Å². The number of carbonyl (C=O) groups is 2. The molecular weight excluding hydrogens is 235 g/mol. The Kier molecular flexibility index (Phi) is 4.59. The Morgan fingerprint density at radius 3 is 2.61 bits per heavy atom. The molecule has 0 aliphatic heterocycles. The summed E-state index contributed by atoms with van der Waals surface area (Å²) in [6.07, 6.45) is 0.891. The molecule has 0 aliphatic rings. The Balaban J connectivity index is 2.67. The maximum Gasteiger partial charge on any atom is 0.306 e. The third-order valence-corrected chi connectivity index (χ3v) is 2.28. The smallest absolute Gasteiger partial charge is 0.306 e. The summed E-state index contributed by atoms with van der Waals surface area (Å²) in [6, 6.07) is 4.38. The van der Waals surface area contributed by atoms with Crippen molar-refractivity contribution in [2.45, 2.75) is 39.2 Å². The van der Waals surface area contributed by atoms with Crippen molar-refractivity contribution in [3.05, 3.63) is 35.1 Å². The fourth-order valence-corrected chi connectivity index (χ4v) is 1.56. The minimum atomic E-state index is -0.563. The fourth-order valence-electron chi connectivity index (χ4n) is 1.56. The predicted molar refractivity (Wildman–Crippen MR) is 66.0 cm³/mol. The molecule has 0 fully saturated rings. The molecule has 0 bridgehead atoms. The zero-order valence-corrected chi connectivity index (χ0v) is 10.8. The molecule has 0 saturated heterocycles. The monoisotopic (exact) mass is 252 g/mol. The molecule has 0 aromatic heterocycles. The Hall–Kier alpha value is -1.71. The SMILES string of the molecule is CC(C)(C)OC(=O)CCc1cccc(F)c1C=O. The zero-order valence-electron chi connectivity index (χ0n) is 10.8. The van der Waals surface area contributed by atoms with Gasteiger partial charge in [0, 0.05) is 6.42 Å². The molecule has 0 N–H and O–H groups in total. The summed E-state index contributed by atoms with van der Waals surface area (Å²) in [5.41, 5.74) is 0.00360. The lowest BCUT2D eigenvalue weighted by Gasteiger charge is -2.19. The quantitative estimate of drug-likeness (QED) is 0.611. The number of hydrogen-bond acceptors (Lipinski definition) is 3. The molecule has 1 aromatic rings. The summed E-state index contributed by atoms with van der Waals surface area (Å²) in [5.74, 6) is -0.921. The van der Waals surface area contributed by atoms with Crippen LogP contribution in [0.4, 0.5) is 4.39 Å². The Morgan fingerprint density at radius 1 is 1.39 bits per heavy atom. The normalized spacial score (nSPS) is 11.1. The van der Waals surface area contributed by atoms with Crippen LogP contribution >= 0.6 is 0 Å². The van der Waals surface area contributed by atoms with Crippen molar-refractivity contribution in [1.82, 2.24) is 0 Å². The number of esters is 1. The second-order valence-corrected chi connectivity index (χ2v) is 5.02. The van der Waals surface area contributed by atoms with Crippen LogP contribution in [0, 0.1) is 5.82 Å². The van der Waals surface area contributed by atoms with Gasteiger partial charge in [-0.2, -0.15) is 0 Å². The number of benzene rings is 1. The summed E-state index contributed by atoms with van der Waals surface area (Å²) < 4.78 is 18.4. The number of rotatable bonds is 4. The van der Waals surface area contributed by atoms with E-state index < -0.39 is 11.4 Å². The fraction of sp³-hybridized carbons (Fsp3) is 0.429. The zero-order chi connectivity index (χ0) is 13.8. The first kappa shape index (κ1) is 14.4. The van der Waals surface area contributed by atoms with Crippen LogP contribution in [0.3, 0.4) is 0 Å². The first-order valence-electron chi connectivity index (χ1n) is 5.78. The van der Waals surface area contributed by atoms with E-state index in [-0.39, 0.29) is 18.0 Å². The molecule has 0 spiro atoms. The van der Waals surface area contributed by atoms with E-state index in [0.717, 1.165) is 0 Å². The van der Waals surface area contributed by atoms with E-state index in [9.17, 15) is 14.0 Å². The molecule has 0 amide bonds. The molecule has 3 nitrogen and oxygen atoms in total. The van der Waals surface area contributed by atoms with E-state index in [2.05, 4.69) is 0 Å². The highest BCUT2D eigenvalue weighted by atomic mass is 19.1. The summed E-state index contributed by atoms with van der Waals surface area (Å²) in [7, 11) is 0. The Bertz CT molecular complexity index is 447. The Morgan fingerprint density at radius 2 is 2.06 bits per heavy atom. The molecule has 0 unspecified atom stereocenters. The summed E-state index contributed by atoms with van der Waals surface area (Å²) in [5, 5.41) is 0. The highest BCUT2D eigenvalue weighted by molar-refractivity contribution is 5.78. The first-order chi connectivity index (χ1) is 8.33. The van der Waals surface area contributed by atoms with Crippen molar-refractivity contribution in [3.63, 3.8) is 0 Å². The van der Waals surface area contributed by atoms with E-state index in [1.165, 1.54) is 12.1 Å². The molecule has 0 aliphatic carbocycles. The van der Waals surface area contributed by atoms with E-state index in [1.54, 1.807) is 26.8 Å².